The van der Waals surface area contributed by atoms with E-state index in [4.69, 9.17) is 4.42 Å². The maximum atomic E-state index is 12.5. The Morgan fingerprint density at radius 3 is 2.69 bits per heavy atom. The van der Waals surface area contributed by atoms with Crippen LogP contribution in [0.25, 0.3) is 22.4 Å². The van der Waals surface area contributed by atoms with Crippen LogP contribution in [0.15, 0.2) is 63.1 Å². The van der Waals surface area contributed by atoms with Crippen LogP contribution in [0.3, 0.4) is 0 Å². The Hall–Kier alpha value is -3.19. The summed E-state index contributed by atoms with van der Waals surface area (Å²) in [6, 6.07) is 14.6. The normalized spacial score (nSPS) is 12.2. The summed E-state index contributed by atoms with van der Waals surface area (Å²) in [5, 5.41) is 6.01. The Morgan fingerprint density at radius 1 is 1.21 bits per heavy atom. The second-order valence-electron chi connectivity index (χ2n) is 6.87. The molecule has 1 atom stereocenters. The lowest BCUT2D eigenvalue weighted by molar-refractivity contribution is -0.123. The highest BCUT2D eigenvalue weighted by molar-refractivity contribution is 7.09. The number of carbonyl (C=O) groups is 1. The van der Waals surface area contributed by atoms with Crippen LogP contribution in [0, 0.1) is 6.92 Å². The van der Waals surface area contributed by atoms with E-state index in [2.05, 4.69) is 10.3 Å². The molecule has 1 amide bonds. The van der Waals surface area contributed by atoms with Gasteiger partial charge in [0.2, 0.25) is 5.91 Å². The van der Waals surface area contributed by atoms with E-state index in [1.54, 1.807) is 36.5 Å². The highest BCUT2D eigenvalue weighted by atomic mass is 32.1. The van der Waals surface area contributed by atoms with Crippen molar-refractivity contribution >= 4 is 28.3 Å². The third-order valence-corrected chi connectivity index (χ3v) is 5.64. The van der Waals surface area contributed by atoms with Gasteiger partial charge in [0.05, 0.1) is 16.2 Å². The molecule has 4 aromatic rings. The number of fused-ring (bicyclic) bond motifs is 1. The van der Waals surface area contributed by atoms with E-state index in [0.717, 1.165) is 21.8 Å². The van der Waals surface area contributed by atoms with Gasteiger partial charge in [-0.3, -0.25) is 9.36 Å². The summed E-state index contributed by atoms with van der Waals surface area (Å²) in [5.74, 6) is -0.741. The van der Waals surface area contributed by atoms with Crippen molar-refractivity contribution in [3.8, 4) is 11.3 Å². The van der Waals surface area contributed by atoms with Crippen molar-refractivity contribution in [2.75, 3.05) is 6.54 Å². The number of thiazole rings is 1. The van der Waals surface area contributed by atoms with Crippen molar-refractivity contribution < 1.29 is 9.21 Å². The molecule has 0 saturated carbocycles. The van der Waals surface area contributed by atoms with Crippen LogP contribution in [0.4, 0.5) is 0 Å². The first-order chi connectivity index (χ1) is 14.0. The lowest BCUT2D eigenvalue weighted by atomic mass is 10.1. The van der Waals surface area contributed by atoms with Crippen LogP contribution in [0.2, 0.25) is 0 Å². The highest BCUT2D eigenvalue weighted by Crippen LogP contribution is 2.22. The first kappa shape index (κ1) is 19.1. The number of rotatable bonds is 6. The third kappa shape index (κ3) is 4.00. The van der Waals surface area contributed by atoms with Crippen LogP contribution >= 0.6 is 11.3 Å². The van der Waals surface area contributed by atoms with E-state index in [1.165, 1.54) is 4.57 Å². The summed E-state index contributed by atoms with van der Waals surface area (Å²) in [4.78, 5) is 29.2. The average molecular weight is 407 g/mol. The molecule has 7 heteroatoms. The molecule has 0 aliphatic heterocycles. The molecular formula is C22H21N3O3S. The van der Waals surface area contributed by atoms with E-state index in [-0.39, 0.29) is 5.91 Å². The number of amides is 1. The van der Waals surface area contributed by atoms with Gasteiger partial charge >= 0.3 is 5.76 Å². The number of aromatic nitrogens is 2. The van der Waals surface area contributed by atoms with E-state index in [0.29, 0.717) is 24.1 Å². The fourth-order valence-corrected chi connectivity index (χ4v) is 3.91. The Kier molecular flexibility index (Phi) is 5.31. The Labute approximate surface area is 171 Å². The maximum absolute atomic E-state index is 12.5. The average Bonchev–Trinajstić information content (AvgIpc) is 3.30. The molecule has 0 saturated heterocycles. The fourth-order valence-electron chi connectivity index (χ4n) is 3.28. The zero-order valence-electron chi connectivity index (χ0n) is 16.2. The summed E-state index contributed by atoms with van der Waals surface area (Å²) < 4.78 is 6.60. The zero-order valence-corrected chi connectivity index (χ0v) is 17.0. The monoisotopic (exact) mass is 407 g/mol. The largest absolute Gasteiger partial charge is 0.420 e. The molecule has 6 nitrogen and oxygen atoms in total. The minimum atomic E-state index is -0.651. The lowest BCUT2D eigenvalue weighted by Gasteiger charge is -2.13. The van der Waals surface area contributed by atoms with Gasteiger partial charge in [0.25, 0.3) is 0 Å². The number of nitrogens with one attached hydrogen (secondary N) is 1. The molecule has 0 spiro atoms. The molecule has 4 rings (SSSR count). The summed E-state index contributed by atoms with van der Waals surface area (Å²) in [7, 11) is 0. The topological polar surface area (TPSA) is 77.1 Å². The molecule has 2 aromatic heterocycles. The highest BCUT2D eigenvalue weighted by Gasteiger charge is 2.20. The molecule has 2 aromatic carbocycles. The van der Waals surface area contributed by atoms with Crippen LogP contribution < -0.4 is 11.1 Å². The number of para-hydroxylation sites is 2. The SMILES string of the molecule is Cc1nc(-c2ccc(CCNC(=O)C(C)n3c(=O)oc4ccccc43)cc2)cs1. The van der Waals surface area contributed by atoms with Crippen LogP contribution in [-0.2, 0) is 11.2 Å². The summed E-state index contributed by atoms with van der Waals surface area (Å²) in [6.45, 7) is 4.18. The van der Waals surface area contributed by atoms with Crippen LogP contribution in [0.5, 0.6) is 0 Å². The smallest absolute Gasteiger partial charge is 0.408 e. The predicted molar refractivity (Wildman–Crippen MR) is 114 cm³/mol. The number of aryl methyl sites for hydroxylation is 1. The molecule has 0 fully saturated rings. The Balaban J connectivity index is 1.37. The summed E-state index contributed by atoms with van der Waals surface area (Å²) >= 11 is 1.63. The van der Waals surface area contributed by atoms with Crippen molar-refractivity contribution in [1.29, 1.82) is 0 Å². The number of nitrogens with zero attached hydrogens (tertiary/aromatic N) is 2. The second-order valence-corrected chi connectivity index (χ2v) is 7.93. The molecule has 0 aliphatic carbocycles. The first-order valence-electron chi connectivity index (χ1n) is 9.42. The zero-order chi connectivity index (χ0) is 20.4. The number of carbonyl (C=O) groups excluding carboxylic acids is 1. The number of benzene rings is 2. The van der Waals surface area contributed by atoms with Crippen molar-refractivity contribution in [3.05, 3.63) is 75.0 Å². The van der Waals surface area contributed by atoms with Crippen molar-refractivity contribution in [2.45, 2.75) is 26.3 Å². The van der Waals surface area contributed by atoms with Gasteiger partial charge in [-0.15, -0.1) is 11.3 Å². The summed E-state index contributed by atoms with van der Waals surface area (Å²) in [6.07, 6.45) is 0.704. The van der Waals surface area contributed by atoms with Gasteiger partial charge in [0.15, 0.2) is 5.58 Å². The van der Waals surface area contributed by atoms with Gasteiger partial charge < -0.3 is 9.73 Å². The molecule has 0 radical (unpaired) electrons. The number of oxazole rings is 1. The standard InChI is InChI=1S/C22H21N3O3S/c1-14(25-19-5-3-4-6-20(19)28-22(25)27)21(26)23-12-11-16-7-9-17(10-8-16)18-13-29-15(2)24-18/h3-10,13-14H,11-12H2,1-2H3,(H,23,26). The van der Waals surface area contributed by atoms with Gasteiger partial charge in [0.1, 0.15) is 6.04 Å². The van der Waals surface area contributed by atoms with E-state index in [1.807, 2.05) is 42.6 Å². The van der Waals surface area contributed by atoms with Gasteiger partial charge in [-0.2, -0.15) is 0 Å². The fraction of sp³-hybridized carbons (Fsp3) is 0.227. The van der Waals surface area contributed by atoms with Crippen LogP contribution in [0.1, 0.15) is 23.5 Å². The minimum Gasteiger partial charge on any atom is -0.408 e. The van der Waals surface area contributed by atoms with Gasteiger partial charge in [0, 0.05) is 17.5 Å². The quantitative estimate of drug-likeness (QED) is 0.525. The van der Waals surface area contributed by atoms with E-state index in [9.17, 15) is 9.59 Å². The molecule has 148 valence electrons. The van der Waals surface area contributed by atoms with Crippen LogP contribution in [-0.4, -0.2) is 22.0 Å². The maximum Gasteiger partial charge on any atom is 0.420 e. The molecule has 0 bridgehead atoms. The Bertz CT molecular complexity index is 1200. The lowest BCUT2D eigenvalue weighted by Crippen LogP contribution is -2.35. The van der Waals surface area contributed by atoms with Crippen molar-refractivity contribution in [2.24, 2.45) is 0 Å². The van der Waals surface area contributed by atoms with E-state index < -0.39 is 11.8 Å². The molecular weight excluding hydrogens is 386 g/mol. The summed E-state index contributed by atoms with van der Waals surface area (Å²) in [5.41, 5.74) is 4.29. The van der Waals surface area contributed by atoms with Crippen molar-refractivity contribution in [1.82, 2.24) is 14.9 Å². The second kappa shape index (κ2) is 8.05. The predicted octanol–water partition coefficient (Wildman–Crippen LogP) is 3.95. The molecule has 1 N–H and O–H groups in total. The van der Waals surface area contributed by atoms with Gasteiger partial charge in [-0.25, -0.2) is 9.78 Å². The number of hydrogen-bond donors (Lipinski definition) is 1. The molecule has 29 heavy (non-hydrogen) atoms. The first-order valence-corrected chi connectivity index (χ1v) is 10.3. The molecule has 1 unspecified atom stereocenters. The van der Waals surface area contributed by atoms with Gasteiger partial charge in [-0.1, -0.05) is 36.4 Å². The third-order valence-electron chi connectivity index (χ3n) is 4.87. The molecule has 2 heterocycles. The minimum absolute atomic E-state index is 0.215. The number of hydrogen-bond acceptors (Lipinski definition) is 5. The molecule has 0 aliphatic rings. The van der Waals surface area contributed by atoms with Crippen molar-refractivity contribution in [3.63, 3.8) is 0 Å². The van der Waals surface area contributed by atoms with Gasteiger partial charge in [-0.05, 0) is 38.0 Å². The Morgan fingerprint density at radius 2 is 1.97 bits per heavy atom. The van der Waals surface area contributed by atoms with E-state index >= 15 is 0 Å².